The summed E-state index contributed by atoms with van der Waals surface area (Å²) in [5.74, 6) is -0.177. The third-order valence-corrected chi connectivity index (χ3v) is 5.82. The van der Waals surface area contributed by atoms with Crippen LogP contribution >= 0.6 is 46.9 Å². The number of rotatable bonds is 4. The number of halogens is 3. The molecule has 1 amide bonds. The molecule has 1 aliphatic rings. The highest BCUT2D eigenvalue weighted by atomic mass is 35.5. The smallest absolute Gasteiger partial charge is 0.257 e. The number of hydrogen-bond acceptors (Lipinski definition) is 5. The Morgan fingerprint density at radius 1 is 1.14 bits per heavy atom. The van der Waals surface area contributed by atoms with E-state index >= 15 is 0 Å². The Hall–Kier alpha value is -1.70. The van der Waals surface area contributed by atoms with E-state index in [1.807, 2.05) is 24.3 Å². The van der Waals surface area contributed by atoms with Gasteiger partial charge in [-0.3, -0.25) is 10.1 Å². The van der Waals surface area contributed by atoms with Crippen molar-refractivity contribution >= 4 is 58.0 Å². The summed E-state index contributed by atoms with van der Waals surface area (Å²) in [6, 6.07) is 11.2. The van der Waals surface area contributed by atoms with E-state index in [2.05, 4.69) is 20.8 Å². The summed E-state index contributed by atoms with van der Waals surface area (Å²) in [6.45, 7) is 1.79. The zero-order valence-corrected chi connectivity index (χ0v) is 17.8. The zero-order valence-electron chi connectivity index (χ0n) is 14.7. The predicted octanol–water partition coefficient (Wildman–Crippen LogP) is 4.76. The maximum atomic E-state index is 12.5. The lowest BCUT2D eigenvalue weighted by atomic mass is 9.98. The number of hydrogen-bond donors (Lipinski definition) is 2. The maximum absolute atomic E-state index is 12.5. The molecule has 2 N–H and O–H groups in total. The highest BCUT2D eigenvalue weighted by molar-refractivity contribution is 7.15. The van der Waals surface area contributed by atoms with Gasteiger partial charge in [0.25, 0.3) is 5.91 Å². The molecule has 4 rings (SSSR count). The van der Waals surface area contributed by atoms with Gasteiger partial charge < -0.3 is 5.32 Å². The summed E-state index contributed by atoms with van der Waals surface area (Å²) in [5.41, 5.74) is 4.01. The van der Waals surface area contributed by atoms with Crippen molar-refractivity contribution in [1.82, 2.24) is 15.5 Å². The summed E-state index contributed by atoms with van der Waals surface area (Å²) in [6.07, 6.45) is 1.47. The third kappa shape index (κ3) is 4.82. The molecule has 0 unspecified atom stereocenters. The second kappa shape index (κ2) is 9.20. The summed E-state index contributed by atoms with van der Waals surface area (Å²) >= 11 is 13.5. The molecule has 28 heavy (non-hydrogen) atoms. The number of amides is 1. The van der Waals surface area contributed by atoms with E-state index < -0.39 is 0 Å². The van der Waals surface area contributed by atoms with Crippen LogP contribution in [0.15, 0.2) is 36.4 Å². The van der Waals surface area contributed by atoms with Crippen LogP contribution in [-0.4, -0.2) is 22.6 Å². The van der Waals surface area contributed by atoms with Crippen LogP contribution in [0.2, 0.25) is 10.0 Å². The van der Waals surface area contributed by atoms with Gasteiger partial charge in [0.15, 0.2) is 0 Å². The maximum Gasteiger partial charge on any atom is 0.257 e. The van der Waals surface area contributed by atoms with Crippen LogP contribution in [-0.2, 0) is 19.4 Å². The number of aromatic nitrogens is 2. The molecule has 0 spiro atoms. The minimum absolute atomic E-state index is 0. The first kappa shape index (κ1) is 21.0. The third-order valence-electron chi connectivity index (χ3n) is 4.40. The van der Waals surface area contributed by atoms with Crippen LogP contribution in [0.25, 0.3) is 0 Å². The normalized spacial score (nSPS) is 12.8. The van der Waals surface area contributed by atoms with E-state index in [9.17, 15) is 4.79 Å². The van der Waals surface area contributed by atoms with Gasteiger partial charge >= 0.3 is 0 Å². The van der Waals surface area contributed by atoms with E-state index in [0.717, 1.165) is 30.1 Å². The van der Waals surface area contributed by atoms with Gasteiger partial charge in [-0.2, -0.15) is 0 Å². The van der Waals surface area contributed by atoms with E-state index in [1.165, 1.54) is 22.5 Å². The number of carbonyl (C=O) groups is 1. The lowest BCUT2D eigenvalue weighted by Gasteiger charge is -2.17. The number of fused-ring (bicyclic) bond motifs is 1. The number of benzene rings is 2. The summed E-state index contributed by atoms with van der Waals surface area (Å²) < 4.78 is 0. The molecule has 1 aromatic heterocycles. The molecule has 0 fully saturated rings. The van der Waals surface area contributed by atoms with E-state index in [0.29, 0.717) is 27.2 Å². The van der Waals surface area contributed by atoms with Crippen molar-refractivity contribution in [3.63, 3.8) is 0 Å². The first-order valence-corrected chi connectivity index (χ1v) is 10.1. The van der Waals surface area contributed by atoms with Crippen LogP contribution < -0.4 is 10.6 Å². The molecular weight excluding hydrogens is 439 g/mol. The standard InChI is InChI=1S/C19H16Cl2N4OS.ClH/c20-15-4-3-12(16(21)9-15)8-17-24-25-19(27-17)23-18(26)13-1-2-14-10-22-6-5-11(14)7-13;/h1-4,7,9,22H,5-6,8,10H2,(H,23,25,26);1H. The quantitative estimate of drug-likeness (QED) is 0.595. The van der Waals surface area contributed by atoms with Crippen molar-refractivity contribution in [2.45, 2.75) is 19.4 Å². The second-order valence-corrected chi connectivity index (χ2v) is 8.18. The lowest BCUT2D eigenvalue weighted by Crippen LogP contribution is -2.24. The average molecular weight is 456 g/mol. The molecule has 0 saturated carbocycles. The van der Waals surface area contributed by atoms with E-state index in [4.69, 9.17) is 23.2 Å². The molecule has 9 heteroatoms. The van der Waals surface area contributed by atoms with Crippen LogP contribution in [0, 0.1) is 0 Å². The SMILES string of the molecule is Cl.O=C(Nc1nnc(Cc2ccc(Cl)cc2Cl)s1)c1ccc2c(c1)CCNC2. The fourth-order valence-corrected chi connectivity index (χ4v) is 4.22. The van der Waals surface area contributed by atoms with Crippen molar-refractivity contribution < 1.29 is 4.79 Å². The van der Waals surface area contributed by atoms with Crippen molar-refractivity contribution in [2.75, 3.05) is 11.9 Å². The summed E-state index contributed by atoms with van der Waals surface area (Å²) in [7, 11) is 0. The Kier molecular flexibility index (Phi) is 6.91. The van der Waals surface area contributed by atoms with Crippen molar-refractivity contribution in [1.29, 1.82) is 0 Å². The van der Waals surface area contributed by atoms with Gasteiger partial charge in [-0.1, -0.05) is 46.7 Å². The van der Waals surface area contributed by atoms with Crippen LogP contribution in [0.4, 0.5) is 5.13 Å². The molecule has 2 aromatic carbocycles. The number of nitrogens with zero attached hydrogens (tertiary/aromatic N) is 2. The Labute approximate surface area is 182 Å². The largest absolute Gasteiger partial charge is 0.312 e. The van der Waals surface area contributed by atoms with E-state index in [1.54, 1.807) is 12.1 Å². The first-order valence-electron chi connectivity index (χ1n) is 8.48. The Balaban J connectivity index is 0.00000225. The number of carbonyl (C=O) groups excluding carboxylic acids is 1. The predicted molar refractivity (Wildman–Crippen MR) is 116 cm³/mol. The van der Waals surface area contributed by atoms with Crippen molar-refractivity contribution in [2.24, 2.45) is 0 Å². The highest BCUT2D eigenvalue weighted by Gasteiger charge is 2.15. The first-order chi connectivity index (χ1) is 13.1. The molecular formula is C19H17Cl3N4OS. The van der Waals surface area contributed by atoms with Crippen LogP contribution in [0.1, 0.15) is 32.1 Å². The molecule has 0 atom stereocenters. The fraction of sp³-hybridized carbons (Fsp3) is 0.211. The minimum Gasteiger partial charge on any atom is -0.312 e. The highest BCUT2D eigenvalue weighted by Crippen LogP contribution is 2.26. The molecule has 3 aromatic rings. The monoisotopic (exact) mass is 454 g/mol. The van der Waals surface area contributed by atoms with Gasteiger partial charge in [-0.05, 0) is 53.9 Å². The van der Waals surface area contributed by atoms with E-state index in [-0.39, 0.29) is 18.3 Å². The van der Waals surface area contributed by atoms with Crippen molar-refractivity contribution in [3.05, 3.63) is 73.7 Å². The topological polar surface area (TPSA) is 66.9 Å². The van der Waals surface area contributed by atoms with Crippen molar-refractivity contribution in [3.8, 4) is 0 Å². The zero-order chi connectivity index (χ0) is 18.8. The lowest BCUT2D eigenvalue weighted by molar-refractivity contribution is 0.102. The second-order valence-electron chi connectivity index (χ2n) is 6.28. The van der Waals surface area contributed by atoms with Crippen LogP contribution in [0.5, 0.6) is 0 Å². The van der Waals surface area contributed by atoms with Gasteiger partial charge in [-0.25, -0.2) is 0 Å². The summed E-state index contributed by atoms with van der Waals surface area (Å²) in [5, 5.41) is 16.8. The average Bonchev–Trinajstić information content (AvgIpc) is 3.10. The minimum atomic E-state index is -0.177. The molecule has 0 radical (unpaired) electrons. The Morgan fingerprint density at radius 2 is 2.00 bits per heavy atom. The Morgan fingerprint density at radius 3 is 2.82 bits per heavy atom. The molecule has 1 aliphatic heterocycles. The molecule has 146 valence electrons. The summed E-state index contributed by atoms with van der Waals surface area (Å²) in [4.78, 5) is 12.5. The van der Waals surface area contributed by atoms with Gasteiger partial charge in [0.05, 0.1) is 0 Å². The Bertz CT molecular complexity index is 1010. The molecule has 0 aliphatic carbocycles. The molecule has 5 nitrogen and oxygen atoms in total. The van der Waals surface area contributed by atoms with Gasteiger partial charge in [0.2, 0.25) is 5.13 Å². The number of nitrogens with one attached hydrogen (secondary N) is 2. The molecule has 0 saturated heterocycles. The molecule has 0 bridgehead atoms. The number of anilines is 1. The molecule has 2 heterocycles. The van der Waals surface area contributed by atoms with Crippen LogP contribution in [0.3, 0.4) is 0 Å². The van der Waals surface area contributed by atoms with Gasteiger partial charge in [-0.15, -0.1) is 22.6 Å². The van der Waals surface area contributed by atoms with Gasteiger partial charge in [0, 0.05) is 28.6 Å². The fourth-order valence-electron chi connectivity index (χ4n) is 2.99. The van der Waals surface area contributed by atoms with Gasteiger partial charge in [0.1, 0.15) is 5.01 Å².